The second kappa shape index (κ2) is 6.83. The minimum absolute atomic E-state index is 0.0686. The van der Waals surface area contributed by atoms with E-state index in [9.17, 15) is 4.79 Å². The number of para-hydroxylation sites is 1. The van der Waals surface area contributed by atoms with Gasteiger partial charge in [-0.2, -0.15) is 0 Å². The normalized spacial score (nSPS) is 22.7. The van der Waals surface area contributed by atoms with E-state index in [1.807, 2.05) is 23.1 Å². The van der Waals surface area contributed by atoms with Gasteiger partial charge in [0.1, 0.15) is 5.52 Å². The quantitative estimate of drug-likeness (QED) is 0.838. The van der Waals surface area contributed by atoms with Crippen LogP contribution in [-0.2, 0) is 4.74 Å². The molecule has 2 aromatic rings. The molecule has 6 heteroatoms. The van der Waals surface area contributed by atoms with E-state index in [1.165, 1.54) is 0 Å². The zero-order valence-corrected chi connectivity index (χ0v) is 13.7. The molecule has 24 heavy (non-hydrogen) atoms. The van der Waals surface area contributed by atoms with Gasteiger partial charge in [0.25, 0.3) is 5.91 Å². The smallest absolute Gasteiger partial charge is 0.256 e. The number of carbonyl (C=O) groups is 1. The van der Waals surface area contributed by atoms with Gasteiger partial charge in [-0.15, -0.1) is 0 Å². The molecule has 0 radical (unpaired) electrons. The van der Waals surface area contributed by atoms with Gasteiger partial charge in [0, 0.05) is 44.6 Å². The predicted octanol–water partition coefficient (Wildman–Crippen LogP) is 1.57. The van der Waals surface area contributed by atoms with Crippen LogP contribution in [0.1, 0.15) is 23.2 Å². The third-order valence-corrected chi connectivity index (χ3v) is 4.97. The summed E-state index contributed by atoms with van der Waals surface area (Å²) in [6.07, 6.45) is 5.50. The summed E-state index contributed by atoms with van der Waals surface area (Å²) < 4.78 is 5.44. The van der Waals surface area contributed by atoms with Crippen molar-refractivity contribution in [2.45, 2.75) is 18.9 Å². The summed E-state index contributed by atoms with van der Waals surface area (Å²) in [5.74, 6) is 0.0686. The molecule has 2 saturated heterocycles. The van der Waals surface area contributed by atoms with Crippen LogP contribution in [-0.4, -0.2) is 71.1 Å². The lowest BCUT2D eigenvalue weighted by atomic mass is 10.0. The van der Waals surface area contributed by atoms with Crippen molar-refractivity contribution in [3.63, 3.8) is 0 Å². The van der Waals surface area contributed by atoms with Crippen LogP contribution in [0, 0.1) is 0 Å². The zero-order chi connectivity index (χ0) is 16.4. The minimum Gasteiger partial charge on any atom is -0.379 e. The molecule has 0 spiro atoms. The lowest BCUT2D eigenvalue weighted by Crippen LogP contribution is -2.52. The maximum absolute atomic E-state index is 13.1. The third kappa shape index (κ3) is 2.99. The van der Waals surface area contributed by atoms with Crippen LogP contribution < -0.4 is 0 Å². The maximum atomic E-state index is 13.1. The second-order valence-electron chi connectivity index (χ2n) is 6.43. The Labute approximate surface area is 141 Å². The first-order chi connectivity index (χ1) is 11.8. The van der Waals surface area contributed by atoms with Gasteiger partial charge in [-0.05, 0) is 25.0 Å². The molecule has 2 fully saturated rings. The van der Waals surface area contributed by atoms with Gasteiger partial charge in [-0.3, -0.25) is 19.7 Å². The van der Waals surface area contributed by atoms with Crippen molar-refractivity contribution < 1.29 is 9.53 Å². The standard InChI is InChI=1S/C18H22N4O2/c23-18(15-4-1-5-16-17(15)20-7-6-19-16)22-8-2-3-14(13-22)21-9-11-24-12-10-21/h1,4-7,14H,2-3,8-13H2/t14-/m0/s1. The van der Waals surface area contributed by atoms with Crippen molar-refractivity contribution in [3.05, 3.63) is 36.2 Å². The summed E-state index contributed by atoms with van der Waals surface area (Å²) in [4.78, 5) is 26.2. The molecule has 6 nitrogen and oxygen atoms in total. The highest BCUT2D eigenvalue weighted by Gasteiger charge is 2.29. The number of likely N-dealkylation sites (tertiary alicyclic amines) is 1. The topological polar surface area (TPSA) is 58.6 Å². The van der Waals surface area contributed by atoms with Crippen molar-refractivity contribution in [1.82, 2.24) is 19.8 Å². The molecule has 0 bridgehead atoms. The van der Waals surface area contributed by atoms with Crippen LogP contribution in [0.5, 0.6) is 0 Å². The van der Waals surface area contributed by atoms with Crippen molar-refractivity contribution >= 4 is 16.9 Å². The Bertz CT molecular complexity index is 725. The number of piperidine rings is 1. The summed E-state index contributed by atoms with van der Waals surface area (Å²) in [5, 5.41) is 0. The molecule has 0 N–H and O–H groups in total. The van der Waals surface area contributed by atoms with Crippen molar-refractivity contribution in [3.8, 4) is 0 Å². The number of hydrogen-bond donors (Lipinski definition) is 0. The molecule has 1 aromatic heterocycles. The number of nitrogens with zero attached hydrogens (tertiary/aromatic N) is 4. The molecule has 2 aliphatic heterocycles. The molecular formula is C18H22N4O2. The molecule has 2 aliphatic rings. The van der Waals surface area contributed by atoms with E-state index < -0.39 is 0 Å². The number of morpholine rings is 1. The first-order valence-electron chi connectivity index (χ1n) is 8.64. The van der Waals surface area contributed by atoms with Crippen LogP contribution in [0.15, 0.2) is 30.6 Å². The molecular weight excluding hydrogens is 304 g/mol. The number of hydrogen-bond acceptors (Lipinski definition) is 5. The molecule has 1 amide bonds. The molecule has 126 valence electrons. The predicted molar refractivity (Wildman–Crippen MR) is 90.9 cm³/mol. The average molecular weight is 326 g/mol. The number of ether oxygens (including phenoxy) is 1. The van der Waals surface area contributed by atoms with Gasteiger partial charge in [-0.25, -0.2) is 0 Å². The van der Waals surface area contributed by atoms with Crippen LogP contribution in [0.25, 0.3) is 11.0 Å². The molecule has 1 atom stereocenters. The number of aromatic nitrogens is 2. The lowest BCUT2D eigenvalue weighted by Gasteiger charge is -2.40. The Hall–Kier alpha value is -2.05. The van der Waals surface area contributed by atoms with Crippen LogP contribution in [0.4, 0.5) is 0 Å². The van der Waals surface area contributed by atoms with Crippen molar-refractivity contribution in [2.24, 2.45) is 0 Å². The van der Waals surface area contributed by atoms with E-state index in [1.54, 1.807) is 12.4 Å². The first kappa shape index (κ1) is 15.5. The van der Waals surface area contributed by atoms with Crippen LogP contribution >= 0.6 is 0 Å². The summed E-state index contributed by atoms with van der Waals surface area (Å²) in [5.41, 5.74) is 2.12. The summed E-state index contributed by atoms with van der Waals surface area (Å²) in [6.45, 7) is 5.12. The van der Waals surface area contributed by atoms with E-state index in [0.717, 1.165) is 57.8 Å². The van der Waals surface area contributed by atoms with Crippen molar-refractivity contribution in [1.29, 1.82) is 0 Å². The first-order valence-corrected chi connectivity index (χ1v) is 8.64. The third-order valence-electron chi connectivity index (χ3n) is 4.97. The molecule has 4 rings (SSSR count). The van der Waals surface area contributed by atoms with Crippen LogP contribution in [0.2, 0.25) is 0 Å². The number of benzene rings is 1. The molecule has 1 aromatic carbocycles. The summed E-state index contributed by atoms with van der Waals surface area (Å²) >= 11 is 0. The fraction of sp³-hybridized carbons (Fsp3) is 0.500. The van der Waals surface area contributed by atoms with E-state index in [4.69, 9.17) is 4.74 Å². The van der Waals surface area contributed by atoms with E-state index >= 15 is 0 Å². The molecule has 0 saturated carbocycles. The number of carbonyl (C=O) groups excluding carboxylic acids is 1. The van der Waals surface area contributed by atoms with Crippen LogP contribution in [0.3, 0.4) is 0 Å². The van der Waals surface area contributed by atoms with Gasteiger partial charge in [-0.1, -0.05) is 6.07 Å². The summed E-state index contributed by atoms with van der Waals surface area (Å²) in [6, 6.07) is 6.07. The number of fused-ring (bicyclic) bond motifs is 1. The SMILES string of the molecule is O=C(c1cccc2nccnc12)N1CCC[C@H](N2CCOCC2)C1. The Kier molecular flexibility index (Phi) is 4.40. The Morgan fingerprint density at radius 3 is 2.83 bits per heavy atom. The molecule has 0 aliphatic carbocycles. The monoisotopic (exact) mass is 326 g/mol. The summed E-state index contributed by atoms with van der Waals surface area (Å²) in [7, 11) is 0. The Morgan fingerprint density at radius 1 is 1.12 bits per heavy atom. The minimum atomic E-state index is 0.0686. The lowest BCUT2D eigenvalue weighted by molar-refractivity contribution is -0.00118. The largest absolute Gasteiger partial charge is 0.379 e. The van der Waals surface area contributed by atoms with Gasteiger partial charge >= 0.3 is 0 Å². The van der Waals surface area contributed by atoms with Gasteiger partial charge in [0.15, 0.2) is 0 Å². The highest BCUT2D eigenvalue weighted by atomic mass is 16.5. The van der Waals surface area contributed by atoms with Gasteiger partial charge in [0.2, 0.25) is 0 Å². The van der Waals surface area contributed by atoms with Crippen molar-refractivity contribution in [2.75, 3.05) is 39.4 Å². The highest BCUT2D eigenvalue weighted by molar-refractivity contribution is 6.04. The maximum Gasteiger partial charge on any atom is 0.256 e. The number of rotatable bonds is 2. The van der Waals surface area contributed by atoms with E-state index in [2.05, 4.69) is 14.9 Å². The highest BCUT2D eigenvalue weighted by Crippen LogP contribution is 2.21. The zero-order valence-electron chi connectivity index (χ0n) is 13.7. The molecule has 0 unspecified atom stereocenters. The fourth-order valence-electron chi connectivity index (χ4n) is 3.72. The van der Waals surface area contributed by atoms with Gasteiger partial charge in [0.05, 0.1) is 24.3 Å². The van der Waals surface area contributed by atoms with Gasteiger partial charge < -0.3 is 9.64 Å². The fourth-order valence-corrected chi connectivity index (χ4v) is 3.72. The molecule has 3 heterocycles. The van der Waals surface area contributed by atoms with E-state index in [0.29, 0.717) is 17.1 Å². The average Bonchev–Trinajstić information content (AvgIpc) is 2.68. The van der Waals surface area contributed by atoms with E-state index in [-0.39, 0.29) is 5.91 Å². The second-order valence-corrected chi connectivity index (χ2v) is 6.43. The Balaban J connectivity index is 1.55. The number of amides is 1. The Morgan fingerprint density at radius 2 is 1.96 bits per heavy atom.